The topological polar surface area (TPSA) is 96.7 Å². The summed E-state index contributed by atoms with van der Waals surface area (Å²) in [6.45, 7) is 0.0455. The fourth-order valence-corrected chi connectivity index (χ4v) is 3.73. The Hall–Kier alpha value is -2.57. The highest BCUT2D eigenvalue weighted by Gasteiger charge is 2.43. The molecule has 0 saturated carbocycles. The van der Waals surface area contributed by atoms with Crippen molar-refractivity contribution in [2.24, 2.45) is 0 Å². The highest BCUT2D eigenvalue weighted by molar-refractivity contribution is 5.82. The number of carbonyl (C=O) groups is 2. The molecule has 150 valence electrons. The highest BCUT2D eigenvalue weighted by atomic mass is 19.3. The molecule has 2 aliphatic heterocycles. The Morgan fingerprint density at radius 1 is 1.36 bits per heavy atom. The van der Waals surface area contributed by atoms with Crippen molar-refractivity contribution >= 4 is 11.9 Å². The van der Waals surface area contributed by atoms with E-state index in [1.54, 1.807) is 29.2 Å². The molecule has 2 heterocycles. The van der Waals surface area contributed by atoms with Crippen LogP contribution in [0.4, 0.5) is 8.78 Å². The van der Waals surface area contributed by atoms with Gasteiger partial charge in [-0.2, -0.15) is 5.26 Å². The molecule has 9 heteroatoms. The van der Waals surface area contributed by atoms with Crippen molar-refractivity contribution in [3.63, 3.8) is 0 Å². The summed E-state index contributed by atoms with van der Waals surface area (Å²) in [6.07, 6.45) is 0.0448. The lowest BCUT2D eigenvalue weighted by molar-refractivity contribution is -0.139. The van der Waals surface area contributed by atoms with E-state index >= 15 is 0 Å². The minimum absolute atomic E-state index is 0.0404. The van der Waals surface area contributed by atoms with Crippen LogP contribution in [-0.2, 0) is 16.1 Å². The van der Waals surface area contributed by atoms with E-state index < -0.39 is 24.5 Å². The number of alkyl halides is 2. The number of amides is 1. The van der Waals surface area contributed by atoms with Crippen molar-refractivity contribution in [2.45, 2.75) is 37.4 Å². The maximum atomic E-state index is 13.4. The minimum atomic E-state index is -2.83. The van der Waals surface area contributed by atoms with E-state index in [1.807, 2.05) is 6.07 Å². The molecule has 0 aromatic heterocycles. The number of nitriles is 1. The largest absolute Gasteiger partial charge is 0.480 e. The molecule has 2 saturated heterocycles. The number of benzene rings is 1. The third kappa shape index (κ3) is 4.82. The molecule has 0 unspecified atom stereocenters. The van der Waals surface area contributed by atoms with E-state index in [-0.39, 0.29) is 31.5 Å². The third-order valence-corrected chi connectivity index (χ3v) is 5.21. The van der Waals surface area contributed by atoms with Crippen LogP contribution in [0.3, 0.4) is 0 Å². The van der Waals surface area contributed by atoms with Gasteiger partial charge in [0, 0.05) is 32.1 Å². The molecule has 0 radical (unpaired) electrons. The predicted molar refractivity (Wildman–Crippen MR) is 95.5 cm³/mol. The Morgan fingerprint density at radius 2 is 2.07 bits per heavy atom. The molecule has 2 aliphatic rings. The van der Waals surface area contributed by atoms with Crippen LogP contribution < -0.4 is 5.32 Å². The minimum Gasteiger partial charge on any atom is -0.480 e. The number of hydrogen-bond acceptors (Lipinski definition) is 5. The van der Waals surface area contributed by atoms with Crippen LogP contribution in [0.15, 0.2) is 24.3 Å². The van der Waals surface area contributed by atoms with Crippen LogP contribution in [0.5, 0.6) is 0 Å². The van der Waals surface area contributed by atoms with Crippen molar-refractivity contribution in [3.05, 3.63) is 35.4 Å². The number of likely N-dealkylation sites (tertiary alicyclic amines) is 1. The van der Waals surface area contributed by atoms with Gasteiger partial charge in [-0.15, -0.1) is 0 Å². The number of rotatable bonds is 6. The lowest BCUT2D eigenvalue weighted by Gasteiger charge is -2.27. The van der Waals surface area contributed by atoms with Crippen molar-refractivity contribution in [1.82, 2.24) is 15.1 Å². The second-order valence-corrected chi connectivity index (χ2v) is 7.32. The number of carboxylic acid groups (broad SMARTS) is 1. The highest BCUT2D eigenvalue weighted by Crippen LogP contribution is 2.28. The summed E-state index contributed by atoms with van der Waals surface area (Å²) >= 11 is 0. The number of halogens is 2. The van der Waals surface area contributed by atoms with Gasteiger partial charge in [-0.25, -0.2) is 8.78 Å². The molecule has 0 bridgehead atoms. The molecule has 28 heavy (non-hydrogen) atoms. The van der Waals surface area contributed by atoms with Crippen LogP contribution >= 0.6 is 0 Å². The number of hydrogen-bond donors (Lipinski definition) is 2. The van der Waals surface area contributed by atoms with Gasteiger partial charge < -0.3 is 15.3 Å². The second-order valence-electron chi connectivity index (χ2n) is 7.32. The molecule has 2 N–H and O–H groups in total. The van der Waals surface area contributed by atoms with Crippen LogP contribution in [0.1, 0.15) is 24.0 Å². The molecule has 3 rings (SSSR count). The normalized spacial score (nSPS) is 23.7. The summed E-state index contributed by atoms with van der Waals surface area (Å²) in [7, 11) is 0. The Kier molecular flexibility index (Phi) is 5.91. The van der Waals surface area contributed by atoms with Gasteiger partial charge in [-0.05, 0) is 24.1 Å². The monoisotopic (exact) mass is 392 g/mol. The van der Waals surface area contributed by atoms with E-state index in [4.69, 9.17) is 5.26 Å². The van der Waals surface area contributed by atoms with E-state index in [9.17, 15) is 23.5 Å². The number of nitrogens with zero attached hydrogens (tertiary/aromatic N) is 3. The van der Waals surface area contributed by atoms with Crippen molar-refractivity contribution in [3.8, 4) is 6.07 Å². The lowest BCUT2D eigenvalue weighted by atomic mass is 10.1. The number of aliphatic carboxylic acids is 1. The molecule has 1 aromatic carbocycles. The first-order chi connectivity index (χ1) is 13.3. The smallest absolute Gasteiger partial charge is 0.317 e. The summed E-state index contributed by atoms with van der Waals surface area (Å²) in [5.74, 6) is -4.17. The average molecular weight is 392 g/mol. The quantitative estimate of drug-likeness (QED) is 0.751. The van der Waals surface area contributed by atoms with Crippen LogP contribution in [0, 0.1) is 11.3 Å². The summed E-state index contributed by atoms with van der Waals surface area (Å²) < 4.78 is 26.8. The first-order valence-electron chi connectivity index (χ1n) is 9.12. The zero-order chi connectivity index (χ0) is 20.3. The predicted octanol–water partition coefficient (Wildman–Crippen LogP) is 1.04. The Balaban J connectivity index is 1.64. The number of nitrogens with one attached hydrogen (secondary N) is 1. The van der Waals surface area contributed by atoms with Crippen LogP contribution in [0.2, 0.25) is 0 Å². The van der Waals surface area contributed by atoms with Crippen molar-refractivity contribution < 1.29 is 23.5 Å². The molecule has 2 atom stereocenters. The van der Waals surface area contributed by atoms with E-state index in [0.717, 1.165) is 5.56 Å². The fraction of sp³-hybridized carbons (Fsp3) is 0.526. The van der Waals surface area contributed by atoms with Gasteiger partial charge in [0.2, 0.25) is 5.91 Å². The van der Waals surface area contributed by atoms with Gasteiger partial charge >= 0.3 is 5.97 Å². The molecule has 1 amide bonds. The molecule has 0 spiro atoms. The maximum absolute atomic E-state index is 13.4. The van der Waals surface area contributed by atoms with Gasteiger partial charge in [-0.1, -0.05) is 12.1 Å². The Labute approximate surface area is 161 Å². The summed E-state index contributed by atoms with van der Waals surface area (Å²) in [5.41, 5.74) is 1.37. The van der Waals surface area contributed by atoms with E-state index in [0.29, 0.717) is 25.1 Å². The van der Waals surface area contributed by atoms with Gasteiger partial charge in [0.15, 0.2) is 0 Å². The molecule has 2 fully saturated rings. The van der Waals surface area contributed by atoms with Crippen molar-refractivity contribution in [2.75, 3.05) is 26.2 Å². The SMILES string of the molecule is N#Cc1ccc(CN(CC(=O)O)[C@@H]2CN[C@H](C(=O)N3CCC(F)(F)C3)C2)cc1. The van der Waals surface area contributed by atoms with Crippen molar-refractivity contribution in [1.29, 1.82) is 5.26 Å². The molecular weight excluding hydrogens is 370 g/mol. The molecular formula is C19H22F2N4O3. The molecule has 7 nitrogen and oxygen atoms in total. The van der Waals surface area contributed by atoms with Gasteiger partial charge in [0.05, 0.1) is 30.8 Å². The first kappa shape index (κ1) is 20.2. The zero-order valence-electron chi connectivity index (χ0n) is 15.3. The lowest BCUT2D eigenvalue weighted by Crippen LogP contribution is -2.43. The summed E-state index contributed by atoms with van der Waals surface area (Å²) in [4.78, 5) is 26.7. The number of carboxylic acids is 1. The summed E-state index contributed by atoms with van der Waals surface area (Å²) in [5, 5.41) is 21.2. The zero-order valence-corrected chi connectivity index (χ0v) is 15.3. The standard InChI is InChI=1S/C19H22F2N4O3/c20-19(21)5-6-24(12-19)18(28)16-7-15(9-23-16)25(11-17(26)27)10-14-3-1-13(8-22)2-4-14/h1-4,15-16,23H,5-7,9-12H2,(H,26,27)/t15-,16-/m0/s1. The Morgan fingerprint density at radius 3 is 2.64 bits per heavy atom. The number of carbonyl (C=O) groups excluding carboxylic acids is 1. The second kappa shape index (κ2) is 8.20. The summed E-state index contributed by atoms with van der Waals surface area (Å²) in [6, 6.07) is 8.11. The van der Waals surface area contributed by atoms with E-state index in [2.05, 4.69) is 5.32 Å². The van der Waals surface area contributed by atoms with Gasteiger partial charge in [0.1, 0.15) is 0 Å². The fourth-order valence-electron chi connectivity index (χ4n) is 3.73. The maximum Gasteiger partial charge on any atom is 0.317 e. The van der Waals surface area contributed by atoms with E-state index in [1.165, 1.54) is 4.90 Å². The van der Waals surface area contributed by atoms with Gasteiger partial charge in [-0.3, -0.25) is 14.5 Å². The van der Waals surface area contributed by atoms with Gasteiger partial charge in [0.25, 0.3) is 5.92 Å². The Bertz CT molecular complexity index is 778. The van der Waals surface area contributed by atoms with Crippen LogP contribution in [0.25, 0.3) is 0 Å². The average Bonchev–Trinajstić information content (AvgIpc) is 3.27. The first-order valence-corrected chi connectivity index (χ1v) is 9.12. The molecule has 1 aromatic rings. The van der Waals surface area contributed by atoms with Crippen LogP contribution in [-0.4, -0.2) is 71.0 Å². The third-order valence-electron chi connectivity index (χ3n) is 5.21. The molecule has 0 aliphatic carbocycles.